The first-order chi connectivity index (χ1) is 13.5. The van der Waals surface area contributed by atoms with E-state index in [0.29, 0.717) is 10.6 Å². The molecule has 0 aliphatic heterocycles. The third-order valence-corrected chi connectivity index (χ3v) is 6.11. The molecule has 0 N–H and O–H groups in total. The quantitative estimate of drug-likeness (QED) is 0.311. The van der Waals surface area contributed by atoms with Crippen molar-refractivity contribution in [1.29, 1.82) is 0 Å². The molecule has 0 bridgehead atoms. The van der Waals surface area contributed by atoms with E-state index in [1.165, 1.54) is 0 Å². The second-order valence-electron chi connectivity index (χ2n) is 6.38. The van der Waals surface area contributed by atoms with Gasteiger partial charge in [0.1, 0.15) is 0 Å². The SMILES string of the molecule is CCOC(=O)C1(C(=O)OCC)Cc2ccccc2C(I)=C1c1ccc(Cl)cc1. The summed E-state index contributed by atoms with van der Waals surface area (Å²) in [5, 5.41) is 0.577. The van der Waals surface area contributed by atoms with Gasteiger partial charge in [-0.25, -0.2) is 0 Å². The predicted molar refractivity (Wildman–Crippen MR) is 118 cm³/mol. The van der Waals surface area contributed by atoms with Crippen LogP contribution in [0, 0.1) is 5.41 Å². The number of hydrogen-bond donors (Lipinski definition) is 0. The standard InChI is InChI=1S/C22H20ClIO4/c1-3-27-20(25)22(21(26)28-4-2)13-15-7-5-6-8-17(15)19(24)18(22)14-9-11-16(23)12-10-14/h5-12H,3-4,13H2,1-2H3. The minimum absolute atomic E-state index is 0.173. The molecule has 0 radical (unpaired) electrons. The fourth-order valence-electron chi connectivity index (χ4n) is 3.51. The van der Waals surface area contributed by atoms with Crippen molar-refractivity contribution in [2.45, 2.75) is 20.3 Å². The highest BCUT2D eigenvalue weighted by atomic mass is 127. The molecule has 2 aromatic rings. The number of hydrogen-bond acceptors (Lipinski definition) is 4. The van der Waals surface area contributed by atoms with Crippen LogP contribution < -0.4 is 0 Å². The largest absolute Gasteiger partial charge is 0.465 e. The summed E-state index contributed by atoms with van der Waals surface area (Å²) < 4.78 is 11.6. The van der Waals surface area contributed by atoms with E-state index in [1.54, 1.807) is 26.0 Å². The number of carbonyl (C=O) groups excluding carboxylic acids is 2. The molecule has 0 amide bonds. The van der Waals surface area contributed by atoms with Crippen molar-refractivity contribution in [3.8, 4) is 0 Å². The Labute approximate surface area is 183 Å². The van der Waals surface area contributed by atoms with Crippen LogP contribution in [-0.4, -0.2) is 25.2 Å². The van der Waals surface area contributed by atoms with E-state index >= 15 is 0 Å². The molecule has 3 rings (SSSR count). The second kappa shape index (κ2) is 8.66. The highest BCUT2D eigenvalue weighted by Gasteiger charge is 2.55. The van der Waals surface area contributed by atoms with Crippen molar-refractivity contribution >= 4 is 55.3 Å². The zero-order chi connectivity index (χ0) is 20.3. The molecule has 0 spiro atoms. The summed E-state index contributed by atoms with van der Waals surface area (Å²) >= 11 is 8.26. The molecule has 0 saturated carbocycles. The summed E-state index contributed by atoms with van der Waals surface area (Å²) in [6, 6.07) is 14.9. The Kier molecular flexibility index (Phi) is 6.45. The second-order valence-corrected chi connectivity index (χ2v) is 7.89. The number of carbonyl (C=O) groups is 2. The lowest BCUT2D eigenvalue weighted by molar-refractivity contribution is -0.167. The Balaban J connectivity index is 2.34. The van der Waals surface area contributed by atoms with Crippen LogP contribution in [0.25, 0.3) is 9.15 Å². The molecule has 4 nitrogen and oxygen atoms in total. The topological polar surface area (TPSA) is 52.6 Å². The zero-order valence-corrected chi connectivity index (χ0v) is 18.5. The van der Waals surface area contributed by atoms with E-state index in [2.05, 4.69) is 22.6 Å². The molecule has 146 valence electrons. The lowest BCUT2D eigenvalue weighted by atomic mass is 9.68. The Bertz CT molecular complexity index is 916. The third-order valence-electron chi connectivity index (χ3n) is 4.74. The summed E-state index contributed by atoms with van der Waals surface area (Å²) in [5.74, 6) is -1.19. The van der Waals surface area contributed by atoms with Gasteiger partial charge in [-0.3, -0.25) is 9.59 Å². The molecule has 0 aromatic heterocycles. The van der Waals surface area contributed by atoms with Crippen LogP contribution in [0.5, 0.6) is 0 Å². The molecule has 0 unspecified atom stereocenters. The summed E-state index contributed by atoms with van der Waals surface area (Å²) in [7, 11) is 0. The zero-order valence-electron chi connectivity index (χ0n) is 15.6. The summed E-state index contributed by atoms with van der Waals surface area (Å²) in [6.07, 6.45) is 0.186. The highest BCUT2D eigenvalue weighted by molar-refractivity contribution is 14.1. The van der Waals surface area contributed by atoms with Gasteiger partial charge in [0.2, 0.25) is 0 Å². The van der Waals surface area contributed by atoms with Crippen LogP contribution in [-0.2, 0) is 25.5 Å². The average Bonchev–Trinajstić information content (AvgIpc) is 2.69. The monoisotopic (exact) mass is 510 g/mol. The number of halogens is 2. The van der Waals surface area contributed by atoms with Gasteiger partial charge in [0.05, 0.1) is 13.2 Å². The fraction of sp³-hybridized carbons (Fsp3) is 0.273. The number of fused-ring (bicyclic) bond motifs is 1. The van der Waals surface area contributed by atoms with Crippen molar-refractivity contribution < 1.29 is 19.1 Å². The maximum absolute atomic E-state index is 13.3. The number of esters is 2. The van der Waals surface area contributed by atoms with Crippen molar-refractivity contribution in [1.82, 2.24) is 0 Å². The minimum Gasteiger partial charge on any atom is -0.465 e. The van der Waals surface area contributed by atoms with Crippen molar-refractivity contribution in [3.05, 3.63) is 70.2 Å². The predicted octanol–water partition coefficient (Wildman–Crippen LogP) is 5.31. The number of benzene rings is 2. The van der Waals surface area contributed by atoms with Gasteiger partial charge < -0.3 is 9.47 Å². The first-order valence-electron chi connectivity index (χ1n) is 9.04. The van der Waals surface area contributed by atoms with E-state index in [4.69, 9.17) is 21.1 Å². The Morgan fingerprint density at radius 2 is 1.57 bits per heavy atom. The minimum atomic E-state index is -1.56. The number of rotatable bonds is 5. The highest BCUT2D eigenvalue weighted by Crippen LogP contribution is 2.52. The van der Waals surface area contributed by atoms with E-state index in [-0.39, 0.29) is 19.6 Å². The van der Waals surface area contributed by atoms with Crippen LogP contribution in [0.3, 0.4) is 0 Å². The first kappa shape index (κ1) is 20.9. The molecule has 28 heavy (non-hydrogen) atoms. The summed E-state index contributed by atoms with van der Waals surface area (Å²) in [5.41, 5.74) is 1.68. The van der Waals surface area contributed by atoms with Crippen LogP contribution in [0.2, 0.25) is 5.02 Å². The molecule has 6 heteroatoms. The average molecular weight is 511 g/mol. The van der Waals surface area contributed by atoms with E-state index in [9.17, 15) is 9.59 Å². The van der Waals surface area contributed by atoms with Crippen LogP contribution in [0.15, 0.2) is 48.5 Å². The van der Waals surface area contributed by atoms with Crippen LogP contribution in [0.1, 0.15) is 30.5 Å². The lowest BCUT2D eigenvalue weighted by Crippen LogP contribution is -2.46. The fourth-order valence-corrected chi connectivity index (χ4v) is 4.94. The summed E-state index contributed by atoms with van der Waals surface area (Å²) in [4.78, 5) is 26.5. The van der Waals surface area contributed by atoms with Crippen LogP contribution in [0.4, 0.5) is 0 Å². The molecule has 2 aromatic carbocycles. The van der Waals surface area contributed by atoms with Crippen molar-refractivity contribution in [2.24, 2.45) is 5.41 Å². The molecule has 1 aliphatic carbocycles. The molecular formula is C22H20ClIO4. The van der Waals surface area contributed by atoms with Crippen molar-refractivity contribution in [3.63, 3.8) is 0 Å². The van der Waals surface area contributed by atoms with Gasteiger partial charge >= 0.3 is 11.9 Å². The Morgan fingerprint density at radius 3 is 2.14 bits per heavy atom. The normalized spacial score (nSPS) is 15.0. The smallest absolute Gasteiger partial charge is 0.328 e. The van der Waals surface area contributed by atoms with Gasteiger partial charge in [-0.15, -0.1) is 0 Å². The Morgan fingerprint density at radius 1 is 1.00 bits per heavy atom. The van der Waals surface area contributed by atoms with Gasteiger partial charge in [-0.2, -0.15) is 0 Å². The van der Waals surface area contributed by atoms with E-state index < -0.39 is 17.4 Å². The van der Waals surface area contributed by atoms with Crippen LogP contribution >= 0.6 is 34.2 Å². The molecule has 0 fully saturated rings. The Hall–Kier alpha value is -1.86. The van der Waals surface area contributed by atoms with E-state index in [1.807, 2.05) is 36.4 Å². The summed E-state index contributed by atoms with van der Waals surface area (Å²) in [6.45, 7) is 3.80. The molecule has 0 heterocycles. The van der Waals surface area contributed by atoms with Gasteiger partial charge in [0.15, 0.2) is 5.41 Å². The number of ether oxygens (including phenoxy) is 2. The van der Waals surface area contributed by atoms with Gasteiger partial charge in [-0.1, -0.05) is 48.0 Å². The first-order valence-corrected chi connectivity index (χ1v) is 10.5. The van der Waals surface area contributed by atoms with Gasteiger partial charge in [0, 0.05) is 20.6 Å². The lowest BCUT2D eigenvalue weighted by Gasteiger charge is -2.37. The molecule has 1 aliphatic rings. The van der Waals surface area contributed by atoms with Gasteiger partial charge in [0.25, 0.3) is 0 Å². The molecular weight excluding hydrogens is 491 g/mol. The van der Waals surface area contributed by atoms with E-state index in [0.717, 1.165) is 20.3 Å². The maximum Gasteiger partial charge on any atom is 0.328 e. The van der Waals surface area contributed by atoms with Gasteiger partial charge in [-0.05, 0) is 65.3 Å². The maximum atomic E-state index is 13.3. The third kappa shape index (κ3) is 3.57. The molecule has 0 atom stereocenters. The molecule has 0 saturated heterocycles. The van der Waals surface area contributed by atoms with Crippen molar-refractivity contribution in [2.75, 3.05) is 13.2 Å².